The molecule has 1 aromatic heterocycles. The van der Waals surface area contributed by atoms with Crippen molar-refractivity contribution >= 4 is 34.4 Å². The predicted molar refractivity (Wildman–Crippen MR) is 123 cm³/mol. The summed E-state index contributed by atoms with van der Waals surface area (Å²) in [5, 5.41) is 5.07. The molecule has 170 valence electrons. The molecular formula is C23H27N3O5S. The number of nitrogens with zero attached hydrogens (tertiary/aromatic N) is 2. The highest BCUT2D eigenvalue weighted by Gasteiger charge is 2.39. The molecule has 2 aliphatic heterocycles. The van der Waals surface area contributed by atoms with Gasteiger partial charge in [-0.2, -0.15) is 0 Å². The van der Waals surface area contributed by atoms with Gasteiger partial charge in [-0.25, -0.2) is 0 Å². The van der Waals surface area contributed by atoms with Crippen molar-refractivity contribution in [3.63, 3.8) is 0 Å². The van der Waals surface area contributed by atoms with Crippen molar-refractivity contribution in [2.45, 2.75) is 6.42 Å². The van der Waals surface area contributed by atoms with Gasteiger partial charge >= 0.3 is 0 Å². The Kier molecular flexibility index (Phi) is 7.09. The van der Waals surface area contributed by atoms with Crippen LogP contribution in [0.1, 0.15) is 11.3 Å². The zero-order chi connectivity index (χ0) is 22.5. The monoisotopic (exact) mass is 457 g/mol. The Morgan fingerprint density at radius 2 is 1.81 bits per heavy atom. The second-order valence-electron chi connectivity index (χ2n) is 7.49. The Balaban J connectivity index is 1.54. The molecule has 32 heavy (non-hydrogen) atoms. The van der Waals surface area contributed by atoms with Crippen LogP contribution in [0.2, 0.25) is 0 Å². The molecule has 9 heteroatoms. The molecular weight excluding hydrogens is 430 g/mol. The zero-order valence-corrected chi connectivity index (χ0v) is 19.1. The van der Waals surface area contributed by atoms with E-state index in [0.717, 1.165) is 44.1 Å². The first-order chi connectivity index (χ1) is 15.6. The fourth-order valence-corrected chi connectivity index (χ4v) is 4.65. The van der Waals surface area contributed by atoms with E-state index in [1.807, 2.05) is 17.5 Å². The average Bonchev–Trinajstić information content (AvgIpc) is 3.42. The number of carbonyl (C=O) groups is 2. The number of amides is 2. The molecule has 2 aliphatic rings. The number of benzene rings is 1. The highest BCUT2D eigenvalue weighted by molar-refractivity contribution is 7.11. The van der Waals surface area contributed by atoms with Crippen molar-refractivity contribution in [2.75, 3.05) is 58.9 Å². The van der Waals surface area contributed by atoms with Gasteiger partial charge < -0.3 is 19.5 Å². The summed E-state index contributed by atoms with van der Waals surface area (Å²) < 4.78 is 16.0. The lowest BCUT2D eigenvalue weighted by molar-refractivity contribution is -0.136. The number of nitrogens with one attached hydrogen (secondary N) is 1. The number of ether oxygens (including phenoxy) is 3. The van der Waals surface area contributed by atoms with E-state index in [9.17, 15) is 9.59 Å². The van der Waals surface area contributed by atoms with E-state index >= 15 is 0 Å². The number of methoxy groups -OCH3 is 2. The van der Waals surface area contributed by atoms with E-state index in [0.29, 0.717) is 29.3 Å². The largest absolute Gasteiger partial charge is 0.493 e. The van der Waals surface area contributed by atoms with Gasteiger partial charge in [0.05, 0.1) is 33.0 Å². The minimum absolute atomic E-state index is 0.262. The molecule has 1 N–H and O–H groups in total. The Hall–Kier alpha value is -2.88. The van der Waals surface area contributed by atoms with Crippen molar-refractivity contribution in [3.8, 4) is 11.5 Å². The van der Waals surface area contributed by atoms with Crippen molar-refractivity contribution in [1.29, 1.82) is 0 Å². The third kappa shape index (κ3) is 4.64. The Morgan fingerprint density at radius 1 is 1.03 bits per heavy atom. The Labute approximate surface area is 191 Å². The van der Waals surface area contributed by atoms with Crippen LogP contribution in [-0.4, -0.2) is 75.2 Å². The summed E-state index contributed by atoms with van der Waals surface area (Å²) >= 11 is 1.44. The van der Waals surface area contributed by atoms with E-state index in [-0.39, 0.29) is 17.5 Å². The molecule has 0 unspecified atom stereocenters. The van der Waals surface area contributed by atoms with Crippen LogP contribution in [0.5, 0.6) is 11.5 Å². The molecule has 3 heterocycles. The van der Waals surface area contributed by atoms with Crippen LogP contribution in [0.4, 0.5) is 5.69 Å². The number of carbonyl (C=O) groups excluding carboxylic acids is 2. The maximum absolute atomic E-state index is 13.3. The van der Waals surface area contributed by atoms with E-state index < -0.39 is 0 Å². The molecule has 0 saturated carbocycles. The first-order valence-electron chi connectivity index (χ1n) is 10.6. The highest BCUT2D eigenvalue weighted by Crippen LogP contribution is 2.35. The van der Waals surface area contributed by atoms with Crippen LogP contribution >= 0.6 is 11.3 Å². The number of anilines is 1. The number of morpholine rings is 1. The molecule has 0 aliphatic carbocycles. The first-order valence-corrected chi connectivity index (χ1v) is 11.4. The van der Waals surface area contributed by atoms with Gasteiger partial charge in [-0.15, -0.1) is 11.3 Å². The van der Waals surface area contributed by atoms with Crippen molar-refractivity contribution in [3.05, 3.63) is 46.3 Å². The average molecular weight is 458 g/mol. The van der Waals surface area contributed by atoms with Gasteiger partial charge in [0.2, 0.25) is 0 Å². The van der Waals surface area contributed by atoms with Crippen LogP contribution in [0.3, 0.4) is 0 Å². The van der Waals surface area contributed by atoms with Crippen LogP contribution in [0, 0.1) is 0 Å². The Morgan fingerprint density at radius 3 is 2.50 bits per heavy atom. The van der Waals surface area contributed by atoms with E-state index in [1.54, 1.807) is 32.4 Å². The number of hydrogen-bond acceptors (Lipinski definition) is 8. The molecule has 1 aromatic carbocycles. The molecule has 2 aromatic rings. The summed E-state index contributed by atoms with van der Waals surface area (Å²) in [6.07, 6.45) is 0.721. The SMILES string of the molecule is COc1ccc(NC2=C(c3cccs3)C(=O)N(CCCN3CCOCC3)C2=O)cc1OC. The lowest BCUT2D eigenvalue weighted by atomic mass is 10.2. The summed E-state index contributed by atoms with van der Waals surface area (Å²) in [4.78, 5) is 30.9. The van der Waals surface area contributed by atoms with Crippen molar-refractivity contribution < 1.29 is 23.8 Å². The quantitative estimate of drug-likeness (QED) is 0.580. The molecule has 0 atom stereocenters. The van der Waals surface area contributed by atoms with Crippen LogP contribution in [-0.2, 0) is 14.3 Å². The normalized spacial score (nSPS) is 17.2. The minimum Gasteiger partial charge on any atom is -0.493 e. The summed E-state index contributed by atoms with van der Waals surface area (Å²) in [5.74, 6) is 0.552. The third-order valence-corrected chi connectivity index (χ3v) is 6.44. The van der Waals surface area contributed by atoms with E-state index in [4.69, 9.17) is 14.2 Å². The second-order valence-corrected chi connectivity index (χ2v) is 8.44. The topological polar surface area (TPSA) is 80.3 Å². The maximum Gasteiger partial charge on any atom is 0.278 e. The molecule has 4 rings (SSSR count). The zero-order valence-electron chi connectivity index (χ0n) is 18.3. The number of imide groups is 1. The molecule has 2 amide bonds. The van der Waals surface area contributed by atoms with Crippen LogP contribution in [0.15, 0.2) is 41.4 Å². The van der Waals surface area contributed by atoms with Crippen LogP contribution in [0.25, 0.3) is 5.57 Å². The fourth-order valence-electron chi connectivity index (χ4n) is 3.88. The van der Waals surface area contributed by atoms with Gasteiger partial charge in [-0.3, -0.25) is 19.4 Å². The molecule has 8 nitrogen and oxygen atoms in total. The van der Waals surface area contributed by atoms with Crippen molar-refractivity contribution in [2.24, 2.45) is 0 Å². The van der Waals surface area contributed by atoms with Gasteiger partial charge in [-0.1, -0.05) is 6.07 Å². The first kappa shape index (κ1) is 22.3. The highest BCUT2D eigenvalue weighted by atomic mass is 32.1. The predicted octanol–water partition coefficient (Wildman–Crippen LogP) is 2.68. The number of hydrogen-bond donors (Lipinski definition) is 1. The lowest BCUT2D eigenvalue weighted by Crippen LogP contribution is -2.39. The maximum atomic E-state index is 13.3. The summed E-state index contributed by atoms with van der Waals surface area (Å²) in [6.45, 7) is 4.42. The van der Waals surface area contributed by atoms with E-state index in [2.05, 4.69) is 10.2 Å². The summed E-state index contributed by atoms with van der Waals surface area (Å²) in [6, 6.07) is 9.03. The molecule has 0 radical (unpaired) electrons. The van der Waals surface area contributed by atoms with E-state index in [1.165, 1.54) is 16.2 Å². The molecule has 0 spiro atoms. The van der Waals surface area contributed by atoms with Crippen LogP contribution < -0.4 is 14.8 Å². The standard InChI is InChI=1S/C23H27N3O5S/c1-29-17-7-6-16(15-18(17)30-2)24-21-20(19-5-3-14-32-19)22(27)26(23(21)28)9-4-8-25-10-12-31-13-11-25/h3,5-7,14-15,24H,4,8-13H2,1-2H3. The Bertz CT molecular complexity index is 999. The van der Waals surface area contributed by atoms with Gasteiger partial charge in [0.1, 0.15) is 5.70 Å². The van der Waals surface area contributed by atoms with Gasteiger partial charge in [0.25, 0.3) is 11.8 Å². The van der Waals surface area contributed by atoms with Gasteiger partial charge in [-0.05, 0) is 30.0 Å². The second kappa shape index (κ2) is 10.2. The van der Waals surface area contributed by atoms with Gasteiger partial charge in [0, 0.05) is 42.8 Å². The molecule has 0 bridgehead atoms. The summed E-state index contributed by atoms with van der Waals surface area (Å²) in [7, 11) is 3.12. The minimum atomic E-state index is -0.310. The van der Waals surface area contributed by atoms with Crippen molar-refractivity contribution in [1.82, 2.24) is 9.80 Å². The number of thiophene rings is 1. The third-order valence-electron chi connectivity index (χ3n) is 5.55. The lowest BCUT2D eigenvalue weighted by Gasteiger charge is -2.27. The van der Waals surface area contributed by atoms with Gasteiger partial charge in [0.15, 0.2) is 11.5 Å². The fraction of sp³-hybridized carbons (Fsp3) is 0.391. The smallest absolute Gasteiger partial charge is 0.278 e. The molecule has 1 saturated heterocycles. The number of rotatable bonds is 9. The molecule has 1 fully saturated rings. The summed E-state index contributed by atoms with van der Waals surface area (Å²) in [5.41, 5.74) is 1.34.